The van der Waals surface area contributed by atoms with Gasteiger partial charge in [0.05, 0.1) is 18.3 Å². The van der Waals surface area contributed by atoms with Crippen LogP contribution in [0, 0.1) is 0 Å². The summed E-state index contributed by atoms with van der Waals surface area (Å²) < 4.78 is 8.55. The third-order valence-corrected chi connectivity index (χ3v) is 8.38. The predicted molar refractivity (Wildman–Crippen MR) is 146 cm³/mol. The standard InChI is InChI=1S/C30H30BrN3O3/c31-23-12-8-9-21(17-23)19-34-28(35)26-18-27-25(15-16-37-27)33(26)20-30(34,22-10-4-3-5-11-22)29(36)32-24-13-6-1-2-7-14-24/h3-5,8-12,15-18,24H,1-2,6-7,13-14,19-20H2,(H,32,36)/t30-/m1/s1. The van der Waals surface area contributed by atoms with Gasteiger partial charge in [-0.25, -0.2) is 0 Å². The zero-order valence-corrected chi connectivity index (χ0v) is 22.2. The molecule has 190 valence electrons. The molecule has 37 heavy (non-hydrogen) atoms. The molecule has 1 N–H and O–H groups in total. The second-order valence-corrected chi connectivity index (χ2v) is 11.1. The average Bonchev–Trinajstić information content (AvgIpc) is 3.40. The summed E-state index contributed by atoms with van der Waals surface area (Å²) in [6.45, 7) is 0.617. The molecule has 4 aromatic rings. The number of aromatic nitrogens is 1. The Morgan fingerprint density at radius 1 is 1.00 bits per heavy atom. The molecule has 0 spiro atoms. The van der Waals surface area contributed by atoms with Crippen LogP contribution in [0.25, 0.3) is 11.1 Å². The van der Waals surface area contributed by atoms with Crippen molar-refractivity contribution >= 4 is 38.8 Å². The first-order valence-electron chi connectivity index (χ1n) is 13.1. The minimum absolute atomic E-state index is 0.110. The number of benzene rings is 2. The summed E-state index contributed by atoms with van der Waals surface area (Å²) >= 11 is 3.56. The van der Waals surface area contributed by atoms with E-state index < -0.39 is 5.54 Å². The van der Waals surface area contributed by atoms with Gasteiger partial charge in [-0.2, -0.15) is 0 Å². The van der Waals surface area contributed by atoms with Crippen LogP contribution < -0.4 is 5.32 Å². The zero-order valence-electron chi connectivity index (χ0n) is 20.7. The van der Waals surface area contributed by atoms with Gasteiger partial charge in [-0.1, -0.05) is 84.1 Å². The quantitative estimate of drug-likeness (QED) is 0.288. The van der Waals surface area contributed by atoms with Crippen LogP contribution in [-0.2, 0) is 23.4 Å². The summed E-state index contributed by atoms with van der Waals surface area (Å²) in [7, 11) is 0. The van der Waals surface area contributed by atoms with Crippen molar-refractivity contribution in [1.82, 2.24) is 14.8 Å². The van der Waals surface area contributed by atoms with Gasteiger partial charge in [-0.3, -0.25) is 9.59 Å². The number of carbonyl (C=O) groups is 2. The van der Waals surface area contributed by atoms with Gasteiger partial charge in [0.15, 0.2) is 11.1 Å². The Morgan fingerprint density at radius 2 is 1.78 bits per heavy atom. The molecule has 2 aromatic carbocycles. The highest BCUT2D eigenvalue weighted by atomic mass is 79.9. The Hall–Kier alpha value is -3.32. The van der Waals surface area contributed by atoms with Crippen LogP contribution in [0.4, 0.5) is 0 Å². The van der Waals surface area contributed by atoms with Crippen LogP contribution in [0.3, 0.4) is 0 Å². The topological polar surface area (TPSA) is 67.5 Å². The molecule has 2 aromatic heterocycles. The molecule has 0 bridgehead atoms. The largest absolute Gasteiger partial charge is 0.463 e. The summed E-state index contributed by atoms with van der Waals surface area (Å²) in [4.78, 5) is 30.6. The highest BCUT2D eigenvalue weighted by molar-refractivity contribution is 9.10. The van der Waals surface area contributed by atoms with Gasteiger partial charge in [0.25, 0.3) is 11.8 Å². The summed E-state index contributed by atoms with van der Waals surface area (Å²) in [5, 5.41) is 3.40. The molecule has 6 nitrogen and oxygen atoms in total. The first-order valence-corrected chi connectivity index (χ1v) is 13.9. The Bertz CT molecular complexity index is 1430. The lowest BCUT2D eigenvalue weighted by atomic mass is 9.83. The fraction of sp³-hybridized carbons (Fsp3) is 0.333. The third-order valence-electron chi connectivity index (χ3n) is 7.88. The molecule has 1 fully saturated rings. The molecule has 1 saturated carbocycles. The number of furan rings is 1. The van der Waals surface area contributed by atoms with E-state index in [0.29, 0.717) is 24.4 Å². The van der Waals surface area contributed by atoms with Crippen molar-refractivity contribution in [3.63, 3.8) is 0 Å². The summed E-state index contributed by atoms with van der Waals surface area (Å²) in [6, 6.07) is 21.5. The molecule has 3 heterocycles. The smallest absolute Gasteiger partial charge is 0.272 e. The Labute approximate surface area is 224 Å². The van der Waals surface area contributed by atoms with Crippen molar-refractivity contribution in [2.75, 3.05) is 0 Å². The molecule has 1 aliphatic heterocycles. The maximum Gasteiger partial charge on any atom is 0.272 e. The molecule has 1 aliphatic carbocycles. The van der Waals surface area contributed by atoms with Crippen molar-refractivity contribution in [2.45, 2.75) is 63.2 Å². The summed E-state index contributed by atoms with van der Waals surface area (Å²) in [6.07, 6.45) is 8.20. The van der Waals surface area contributed by atoms with E-state index in [0.717, 1.165) is 46.8 Å². The molecule has 1 atom stereocenters. The minimum atomic E-state index is -1.22. The van der Waals surface area contributed by atoms with Crippen molar-refractivity contribution in [2.24, 2.45) is 0 Å². The minimum Gasteiger partial charge on any atom is -0.463 e. The molecule has 0 saturated heterocycles. The van der Waals surface area contributed by atoms with Crippen molar-refractivity contribution in [1.29, 1.82) is 0 Å². The normalized spacial score (nSPS) is 20.6. The van der Waals surface area contributed by atoms with E-state index in [4.69, 9.17) is 4.42 Å². The van der Waals surface area contributed by atoms with Crippen LogP contribution >= 0.6 is 15.9 Å². The first kappa shape index (κ1) is 24.0. The number of carbonyl (C=O) groups excluding carboxylic acids is 2. The van der Waals surface area contributed by atoms with Gasteiger partial charge in [-0.15, -0.1) is 0 Å². The van der Waals surface area contributed by atoms with E-state index in [2.05, 4.69) is 21.2 Å². The number of nitrogens with zero attached hydrogens (tertiary/aromatic N) is 2. The summed E-state index contributed by atoms with van der Waals surface area (Å²) in [5.41, 5.74) is 2.56. The highest BCUT2D eigenvalue weighted by Crippen LogP contribution is 2.41. The highest BCUT2D eigenvalue weighted by Gasteiger charge is 2.53. The number of hydrogen-bond acceptors (Lipinski definition) is 3. The molecule has 0 radical (unpaired) electrons. The molecular formula is C30H30BrN3O3. The Balaban J connectivity index is 1.52. The number of nitrogens with one attached hydrogen (secondary N) is 1. The van der Waals surface area contributed by atoms with Crippen LogP contribution in [0.5, 0.6) is 0 Å². The van der Waals surface area contributed by atoms with E-state index >= 15 is 0 Å². The monoisotopic (exact) mass is 559 g/mol. The number of hydrogen-bond donors (Lipinski definition) is 1. The van der Waals surface area contributed by atoms with Crippen LogP contribution in [0.2, 0.25) is 0 Å². The van der Waals surface area contributed by atoms with Crippen LogP contribution in [-0.4, -0.2) is 27.3 Å². The first-order chi connectivity index (χ1) is 18.1. The maximum atomic E-state index is 14.6. The lowest BCUT2D eigenvalue weighted by Crippen LogP contribution is -2.63. The van der Waals surface area contributed by atoms with E-state index in [9.17, 15) is 9.59 Å². The second kappa shape index (κ2) is 9.86. The molecule has 6 rings (SSSR count). The molecule has 0 unspecified atom stereocenters. The van der Waals surface area contributed by atoms with Crippen molar-refractivity contribution < 1.29 is 14.0 Å². The number of amides is 2. The van der Waals surface area contributed by atoms with Crippen LogP contribution in [0.15, 0.2) is 81.9 Å². The van der Waals surface area contributed by atoms with Gasteiger partial charge < -0.3 is 19.2 Å². The van der Waals surface area contributed by atoms with Gasteiger partial charge in [0.1, 0.15) is 5.69 Å². The lowest BCUT2D eigenvalue weighted by Gasteiger charge is -2.47. The van der Waals surface area contributed by atoms with Crippen LogP contribution in [0.1, 0.15) is 60.1 Å². The molecule has 2 aliphatic rings. The molecular weight excluding hydrogens is 530 g/mol. The van der Waals surface area contributed by atoms with Gasteiger partial charge in [-0.05, 0) is 36.1 Å². The summed E-state index contributed by atoms with van der Waals surface area (Å²) in [5.74, 6) is -0.303. The SMILES string of the molecule is O=C1c2cc3occc3n2C[C@](C(=O)NC2CCCCCC2)(c2ccccc2)N1Cc1cccc(Br)c1. The second-order valence-electron chi connectivity index (χ2n) is 10.2. The number of rotatable bonds is 5. The van der Waals surface area contributed by atoms with Crippen molar-refractivity contribution in [3.8, 4) is 0 Å². The van der Waals surface area contributed by atoms with E-state index in [1.165, 1.54) is 12.8 Å². The average molecular weight is 560 g/mol. The number of halogens is 1. The van der Waals surface area contributed by atoms with E-state index in [1.54, 1.807) is 17.2 Å². The fourth-order valence-corrected chi connectivity index (χ4v) is 6.44. The lowest BCUT2D eigenvalue weighted by molar-refractivity contribution is -0.136. The molecule has 7 heteroatoms. The number of fused-ring (bicyclic) bond motifs is 3. The van der Waals surface area contributed by atoms with E-state index in [1.807, 2.05) is 65.2 Å². The third kappa shape index (κ3) is 4.29. The van der Waals surface area contributed by atoms with Gasteiger partial charge in [0, 0.05) is 29.2 Å². The van der Waals surface area contributed by atoms with E-state index in [-0.39, 0.29) is 17.9 Å². The van der Waals surface area contributed by atoms with Gasteiger partial charge in [0.2, 0.25) is 0 Å². The fourth-order valence-electron chi connectivity index (χ4n) is 5.99. The Morgan fingerprint density at radius 3 is 2.54 bits per heavy atom. The van der Waals surface area contributed by atoms with Gasteiger partial charge >= 0.3 is 0 Å². The zero-order chi connectivity index (χ0) is 25.4. The molecule has 2 amide bonds. The predicted octanol–water partition coefficient (Wildman–Crippen LogP) is 6.39. The Kier molecular flexibility index (Phi) is 6.41. The van der Waals surface area contributed by atoms with Crippen molar-refractivity contribution in [3.05, 3.63) is 94.3 Å². The maximum absolute atomic E-state index is 14.6.